The number of nitrogens with zero attached hydrogens (tertiary/aromatic N) is 3. The monoisotopic (exact) mass is 223 g/mol. The van der Waals surface area contributed by atoms with Gasteiger partial charge in [-0.3, -0.25) is 9.78 Å². The topological polar surface area (TPSA) is 76.3 Å². The molecule has 0 saturated carbocycles. The van der Waals surface area contributed by atoms with Crippen molar-refractivity contribution in [1.82, 2.24) is 9.99 Å². The van der Waals surface area contributed by atoms with Gasteiger partial charge in [-0.05, 0) is 18.6 Å². The third-order valence-corrected chi connectivity index (χ3v) is 2.15. The number of hydrazine groups is 1. The van der Waals surface area contributed by atoms with Crippen molar-refractivity contribution < 1.29 is 9.83 Å². The average molecular weight is 223 g/mol. The van der Waals surface area contributed by atoms with Crippen LogP contribution in [0.3, 0.4) is 0 Å². The number of nitro groups is 1. The van der Waals surface area contributed by atoms with E-state index < -0.39 is 5.03 Å². The summed E-state index contributed by atoms with van der Waals surface area (Å²) in [6.07, 6.45) is 3.85. The van der Waals surface area contributed by atoms with E-state index >= 15 is 0 Å². The van der Waals surface area contributed by atoms with Gasteiger partial charge < -0.3 is 0 Å². The summed E-state index contributed by atoms with van der Waals surface area (Å²) in [6, 6.07) is 3.38. The van der Waals surface area contributed by atoms with Gasteiger partial charge >= 0.3 is 0 Å². The van der Waals surface area contributed by atoms with Gasteiger partial charge in [0.05, 0.1) is 13.6 Å². The SMILES string of the molecule is CN(CCCC(=O)c1cccnc1)[N+](=O)[O-]. The molecule has 6 heteroatoms. The Hall–Kier alpha value is -1.98. The summed E-state index contributed by atoms with van der Waals surface area (Å²) in [6.45, 7) is 0.263. The second-order valence-electron chi connectivity index (χ2n) is 3.39. The summed E-state index contributed by atoms with van der Waals surface area (Å²) >= 11 is 0. The Morgan fingerprint density at radius 1 is 1.62 bits per heavy atom. The molecule has 16 heavy (non-hydrogen) atoms. The second-order valence-corrected chi connectivity index (χ2v) is 3.39. The lowest BCUT2D eigenvalue weighted by atomic mass is 10.1. The molecule has 0 radical (unpaired) electrons. The van der Waals surface area contributed by atoms with Gasteiger partial charge in [-0.2, -0.15) is 0 Å². The lowest BCUT2D eigenvalue weighted by Gasteiger charge is -2.07. The number of hydrogen-bond acceptors (Lipinski definition) is 4. The minimum Gasteiger partial charge on any atom is -0.294 e. The molecule has 0 aliphatic rings. The van der Waals surface area contributed by atoms with Crippen LogP contribution in [-0.4, -0.2) is 34.4 Å². The minimum absolute atomic E-state index is 0.0372. The highest BCUT2D eigenvalue weighted by Crippen LogP contribution is 2.03. The highest BCUT2D eigenvalue weighted by molar-refractivity contribution is 5.95. The second kappa shape index (κ2) is 5.79. The van der Waals surface area contributed by atoms with Crippen molar-refractivity contribution in [1.29, 1.82) is 0 Å². The first-order chi connectivity index (χ1) is 7.61. The molecule has 1 aromatic heterocycles. The van der Waals surface area contributed by atoms with Crippen LogP contribution in [0.25, 0.3) is 0 Å². The number of Topliss-reactive ketones (excluding diaryl/α,β-unsaturated/α-hetero) is 1. The van der Waals surface area contributed by atoms with Gasteiger partial charge in [0.25, 0.3) is 0 Å². The fourth-order valence-corrected chi connectivity index (χ4v) is 1.22. The summed E-state index contributed by atoms with van der Waals surface area (Å²) in [5.74, 6) is -0.0372. The molecule has 0 fully saturated rings. The number of ketones is 1. The van der Waals surface area contributed by atoms with Crippen molar-refractivity contribution in [3.63, 3.8) is 0 Å². The van der Waals surface area contributed by atoms with Crippen LogP contribution in [0.1, 0.15) is 23.2 Å². The van der Waals surface area contributed by atoms with Gasteiger partial charge in [-0.1, -0.05) is 0 Å². The summed E-state index contributed by atoms with van der Waals surface area (Å²) in [7, 11) is 1.38. The maximum atomic E-state index is 11.6. The maximum absolute atomic E-state index is 11.6. The summed E-state index contributed by atoms with van der Waals surface area (Å²) in [5, 5.41) is 10.8. The Kier molecular flexibility index (Phi) is 4.38. The van der Waals surface area contributed by atoms with E-state index in [1.807, 2.05) is 0 Å². The van der Waals surface area contributed by atoms with Gasteiger partial charge in [-0.15, -0.1) is 5.01 Å². The molecule has 0 N–H and O–H groups in total. The van der Waals surface area contributed by atoms with Crippen molar-refractivity contribution in [3.05, 3.63) is 40.2 Å². The Balaban J connectivity index is 2.34. The van der Waals surface area contributed by atoms with E-state index in [1.54, 1.807) is 18.3 Å². The van der Waals surface area contributed by atoms with Crippen LogP contribution in [-0.2, 0) is 0 Å². The highest BCUT2D eigenvalue weighted by atomic mass is 16.7. The van der Waals surface area contributed by atoms with E-state index in [2.05, 4.69) is 4.98 Å². The molecule has 0 unspecified atom stereocenters. The number of pyridine rings is 1. The molecule has 6 nitrogen and oxygen atoms in total. The van der Waals surface area contributed by atoms with Crippen molar-refractivity contribution in [2.75, 3.05) is 13.6 Å². The Bertz CT molecular complexity index is 367. The van der Waals surface area contributed by atoms with E-state index in [1.165, 1.54) is 13.2 Å². The van der Waals surface area contributed by atoms with E-state index in [0.29, 0.717) is 18.4 Å². The molecule has 0 aliphatic carbocycles. The zero-order valence-electron chi connectivity index (χ0n) is 9.00. The predicted molar refractivity (Wildman–Crippen MR) is 57.4 cm³/mol. The predicted octanol–water partition coefficient (Wildman–Crippen LogP) is 1.17. The van der Waals surface area contributed by atoms with Crippen LogP contribution < -0.4 is 0 Å². The van der Waals surface area contributed by atoms with Gasteiger partial charge in [0.15, 0.2) is 10.8 Å². The summed E-state index contributed by atoms with van der Waals surface area (Å²) in [5.41, 5.74) is 0.547. The standard InChI is InChI=1S/C10H13N3O3/c1-12(13(15)16)7-3-5-10(14)9-4-2-6-11-8-9/h2,4,6,8H,3,5,7H2,1H3. The van der Waals surface area contributed by atoms with Gasteiger partial charge in [0, 0.05) is 24.4 Å². The fourth-order valence-electron chi connectivity index (χ4n) is 1.22. The normalized spacial score (nSPS) is 9.81. The Labute approximate surface area is 93.0 Å². The number of carbonyl (C=O) groups is 1. The lowest BCUT2D eigenvalue weighted by molar-refractivity contribution is -0.648. The minimum atomic E-state index is -0.492. The van der Waals surface area contributed by atoms with Crippen molar-refractivity contribution >= 4 is 5.78 Å². The molecule has 0 bridgehead atoms. The van der Waals surface area contributed by atoms with Crippen LogP contribution in [0.15, 0.2) is 24.5 Å². The molecule has 0 saturated heterocycles. The van der Waals surface area contributed by atoms with Crippen molar-refractivity contribution in [2.24, 2.45) is 0 Å². The van der Waals surface area contributed by atoms with Crippen molar-refractivity contribution in [2.45, 2.75) is 12.8 Å². The third-order valence-electron chi connectivity index (χ3n) is 2.15. The molecule has 1 heterocycles. The van der Waals surface area contributed by atoms with Crippen LogP contribution in [0, 0.1) is 10.1 Å². The molecule has 0 amide bonds. The van der Waals surface area contributed by atoms with Crippen LogP contribution in [0.4, 0.5) is 0 Å². The molecular weight excluding hydrogens is 210 g/mol. The number of aromatic nitrogens is 1. The molecule has 1 rings (SSSR count). The highest BCUT2D eigenvalue weighted by Gasteiger charge is 2.09. The fraction of sp³-hybridized carbons (Fsp3) is 0.400. The number of rotatable bonds is 6. The number of hydrogen-bond donors (Lipinski definition) is 0. The Morgan fingerprint density at radius 3 is 2.94 bits per heavy atom. The average Bonchev–Trinajstić information content (AvgIpc) is 2.29. The molecule has 86 valence electrons. The van der Waals surface area contributed by atoms with Crippen LogP contribution >= 0.6 is 0 Å². The molecule has 0 aromatic carbocycles. The lowest BCUT2D eigenvalue weighted by Crippen LogP contribution is -2.26. The number of carbonyl (C=O) groups excluding carboxylic acids is 1. The van der Waals surface area contributed by atoms with Crippen LogP contribution in [0.2, 0.25) is 0 Å². The maximum Gasteiger partial charge on any atom is 0.164 e. The first kappa shape index (κ1) is 12.1. The zero-order valence-corrected chi connectivity index (χ0v) is 9.00. The quantitative estimate of drug-likeness (QED) is 0.411. The van der Waals surface area contributed by atoms with E-state index in [9.17, 15) is 14.9 Å². The third kappa shape index (κ3) is 3.64. The van der Waals surface area contributed by atoms with E-state index in [4.69, 9.17) is 0 Å². The molecule has 0 aliphatic heterocycles. The molecule has 0 atom stereocenters. The van der Waals surface area contributed by atoms with Gasteiger partial charge in [-0.25, -0.2) is 10.1 Å². The molecule has 1 aromatic rings. The molecule has 0 spiro atoms. The van der Waals surface area contributed by atoms with Crippen molar-refractivity contribution in [3.8, 4) is 0 Å². The largest absolute Gasteiger partial charge is 0.294 e. The van der Waals surface area contributed by atoms with E-state index in [0.717, 1.165) is 5.01 Å². The zero-order chi connectivity index (χ0) is 12.0. The van der Waals surface area contributed by atoms with E-state index in [-0.39, 0.29) is 12.3 Å². The van der Waals surface area contributed by atoms with Crippen LogP contribution in [0.5, 0.6) is 0 Å². The summed E-state index contributed by atoms with van der Waals surface area (Å²) < 4.78 is 0. The summed E-state index contributed by atoms with van der Waals surface area (Å²) in [4.78, 5) is 25.7. The van der Waals surface area contributed by atoms with Gasteiger partial charge in [0.1, 0.15) is 0 Å². The smallest absolute Gasteiger partial charge is 0.164 e. The Morgan fingerprint density at radius 2 is 2.38 bits per heavy atom. The first-order valence-corrected chi connectivity index (χ1v) is 4.90. The molecular formula is C10H13N3O3. The van der Waals surface area contributed by atoms with Gasteiger partial charge in [0.2, 0.25) is 0 Å². The first-order valence-electron chi connectivity index (χ1n) is 4.90.